The van der Waals surface area contributed by atoms with Gasteiger partial charge in [-0.1, -0.05) is 5.92 Å². The predicted molar refractivity (Wildman–Crippen MR) is 64.6 cm³/mol. The first-order valence-electron chi connectivity index (χ1n) is 5.31. The van der Waals surface area contributed by atoms with Gasteiger partial charge in [-0.3, -0.25) is 9.59 Å². The highest BCUT2D eigenvalue weighted by molar-refractivity contribution is 6.01. The first kappa shape index (κ1) is 11.2. The van der Waals surface area contributed by atoms with Crippen LogP contribution in [0.5, 0.6) is 0 Å². The van der Waals surface area contributed by atoms with Gasteiger partial charge >= 0.3 is 0 Å². The van der Waals surface area contributed by atoms with E-state index >= 15 is 0 Å². The number of carbonyl (C=O) groups excluding carboxylic acids is 2. The summed E-state index contributed by atoms with van der Waals surface area (Å²) in [6.07, 6.45) is 0.339. The van der Waals surface area contributed by atoms with Gasteiger partial charge in [0.05, 0.1) is 13.0 Å². The molecule has 2 rings (SSSR count). The molecule has 0 spiro atoms. The van der Waals surface area contributed by atoms with Crippen molar-refractivity contribution in [1.82, 2.24) is 5.32 Å². The molecule has 0 atom stereocenters. The van der Waals surface area contributed by atoms with E-state index in [1.165, 1.54) is 0 Å². The van der Waals surface area contributed by atoms with Crippen LogP contribution in [0.25, 0.3) is 0 Å². The molecule has 4 heteroatoms. The van der Waals surface area contributed by atoms with Gasteiger partial charge in [0.1, 0.15) is 0 Å². The van der Waals surface area contributed by atoms with Gasteiger partial charge in [0.25, 0.3) is 5.91 Å². The molecule has 0 aliphatic carbocycles. The van der Waals surface area contributed by atoms with Crippen LogP contribution in [0.1, 0.15) is 22.8 Å². The molecule has 1 aliphatic heterocycles. The Labute approximate surface area is 99.4 Å². The van der Waals surface area contributed by atoms with Crippen LogP contribution in [-0.2, 0) is 11.2 Å². The lowest BCUT2D eigenvalue weighted by Crippen LogP contribution is -2.23. The second kappa shape index (κ2) is 4.71. The number of hydrogen-bond donors (Lipinski definition) is 2. The second-order valence-electron chi connectivity index (χ2n) is 3.71. The van der Waals surface area contributed by atoms with Gasteiger partial charge in [0.2, 0.25) is 5.91 Å². The average molecular weight is 228 g/mol. The summed E-state index contributed by atoms with van der Waals surface area (Å²) in [5.74, 6) is 5.26. The van der Waals surface area contributed by atoms with Gasteiger partial charge in [0, 0.05) is 11.3 Å². The Morgan fingerprint density at radius 2 is 2.35 bits per heavy atom. The molecule has 0 fully saturated rings. The quantitative estimate of drug-likeness (QED) is 0.740. The molecule has 1 aromatic carbocycles. The summed E-state index contributed by atoms with van der Waals surface area (Å²) in [5.41, 5.74) is 2.21. The van der Waals surface area contributed by atoms with E-state index in [9.17, 15) is 9.59 Å². The summed E-state index contributed by atoms with van der Waals surface area (Å²) in [7, 11) is 0. The molecule has 4 nitrogen and oxygen atoms in total. The van der Waals surface area contributed by atoms with Gasteiger partial charge in [-0.25, -0.2) is 0 Å². The van der Waals surface area contributed by atoms with Crippen LogP contribution in [-0.4, -0.2) is 18.4 Å². The lowest BCUT2D eigenvalue weighted by Gasteiger charge is -2.03. The summed E-state index contributed by atoms with van der Waals surface area (Å²) in [5, 5.41) is 5.41. The van der Waals surface area contributed by atoms with Crippen molar-refractivity contribution in [3.8, 4) is 11.8 Å². The Morgan fingerprint density at radius 3 is 3.12 bits per heavy atom. The highest BCUT2D eigenvalue weighted by Gasteiger charge is 2.18. The molecular weight excluding hydrogens is 216 g/mol. The minimum Gasteiger partial charge on any atom is -0.341 e. The Hall–Kier alpha value is -2.28. The topological polar surface area (TPSA) is 58.2 Å². The standard InChI is InChI=1S/C13H12N2O2/c1-2-3-6-14-13(17)9-4-5-11-10(7-9)8-12(16)15-11/h4-5,7H,6,8H2,1H3,(H,14,17)(H,15,16). The minimum absolute atomic E-state index is 0.0330. The van der Waals surface area contributed by atoms with E-state index in [1.807, 2.05) is 0 Å². The monoisotopic (exact) mass is 228 g/mol. The maximum atomic E-state index is 11.7. The van der Waals surface area contributed by atoms with E-state index in [-0.39, 0.29) is 11.8 Å². The molecule has 1 aromatic rings. The van der Waals surface area contributed by atoms with Crippen LogP contribution in [0.3, 0.4) is 0 Å². The van der Waals surface area contributed by atoms with Crippen molar-refractivity contribution in [2.45, 2.75) is 13.3 Å². The smallest absolute Gasteiger partial charge is 0.252 e. The SMILES string of the molecule is CC#CCNC(=O)c1ccc2c(c1)CC(=O)N2. The number of rotatable bonds is 2. The molecule has 1 aliphatic rings. The third-order valence-electron chi connectivity index (χ3n) is 2.51. The summed E-state index contributed by atoms with van der Waals surface area (Å²) in [6.45, 7) is 2.06. The Morgan fingerprint density at radius 1 is 1.53 bits per heavy atom. The molecular formula is C13H12N2O2. The number of fused-ring (bicyclic) bond motifs is 1. The number of carbonyl (C=O) groups is 2. The van der Waals surface area contributed by atoms with E-state index in [0.29, 0.717) is 18.5 Å². The lowest BCUT2D eigenvalue weighted by molar-refractivity contribution is -0.115. The van der Waals surface area contributed by atoms with Gasteiger partial charge in [-0.2, -0.15) is 0 Å². The van der Waals surface area contributed by atoms with Crippen molar-refractivity contribution in [2.24, 2.45) is 0 Å². The molecule has 86 valence electrons. The molecule has 2 N–H and O–H groups in total. The maximum absolute atomic E-state index is 11.7. The Bertz CT molecular complexity index is 538. The van der Waals surface area contributed by atoms with Crippen LogP contribution >= 0.6 is 0 Å². The van der Waals surface area contributed by atoms with E-state index < -0.39 is 0 Å². The molecule has 0 radical (unpaired) electrons. The molecule has 0 unspecified atom stereocenters. The fourth-order valence-corrected chi connectivity index (χ4v) is 1.69. The molecule has 2 amide bonds. The van der Waals surface area contributed by atoms with E-state index in [4.69, 9.17) is 0 Å². The fourth-order valence-electron chi connectivity index (χ4n) is 1.69. The van der Waals surface area contributed by atoms with Crippen LogP contribution in [0, 0.1) is 11.8 Å². The number of benzene rings is 1. The summed E-state index contributed by atoms with van der Waals surface area (Å²) in [4.78, 5) is 22.9. The molecule has 0 aromatic heterocycles. The number of amides is 2. The van der Waals surface area contributed by atoms with Crippen LogP contribution in [0.15, 0.2) is 18.2 Å². The summed E-state index contributed by atoms with van der Waals surface area (Å²) < 4.78 is 0. The second-order valence-corrected chi connectivity index (χ2v) is 3.71. The van der Waals surface area contributed by atoms with Gasteiger partial charge in [0.15, 0.2) is 0 Å². The van der Waals surface area contributed by atoms with Crippen molar-refractivity contribution in [3.63, 3.8) is 0 Å². The predicted octanol–water partition coefficient (Wildman–Crippen LogP) is 0.934. The van der Waals surface area contributed by atoms with Gasteiger partial charge < -0.3 is 10.6 Å². The molecule has 1 heterocycles. The fraction of sp³-hybridized carbons (Fsp3) is 0.231. The number of anilines is 1. The molecule has 0 bridgehead atoms. The molecule has 0 saturated heterocycles. The largest absolute Gasteiger partial charge is 0.341 e. The number of hydrogen-bond acceptors (Lipinski definition) is 2. The third kappa shape index (κ3) is 2.45. The Balaban J connectivity index is 2.12. The van der Waals surface area contributed by atoms with E-state index in [1.54, 1.807) is 25.1 Å². The first-order chi connectivity index (χ1) is 8.20. The van der Waals surface area contributed by atoms with Crippen LogP contribution < -0.4 is 10.6 Å². The number of nitrogens with one attached hydrogen (secondary N) is 2. The minimum atomic E-state index is -0.171. The van der Waals surface area contributed by atoms with Crippen LogP contribution in [0.4, 0.5) is 5.69 Å². The zero-order valence-electron chi connectivity index (χ0n) is 9.46. The first-order valence-corrected chi connectivity index (χ1v) is 5.31. The normalized spacial score (nSPS) is 12.2. The lowest BCUT2D eigenvalue weighted by atomic mass is 10.1. The van der Waals surface area contributed by atoms with Crippen molar-refractivity contribution in [3.05, 3.63) is 29.3 Å². The van der Waals surface area contributed by atoms with E-state index in [2.05, 4.69) is 22.5 Å². The van der Waals surface area contributed by atoms with Crippen molar-refractivity contribution < 1.29 is 9.59 Å². The summed E-state index contributed by atoms with van der Waals surface area (Å²) >= 11 is 0. The average Bonchev–Trinajstić information content (AvgIpc) is 2.68. The van der Waals surface area contributed by atoms with Gasteiger partial charge in [-0.15, -0.1) is 5.92 Å². The zero-order chi connectivity index (χ0) is 12.3. The summed E-state index contributed by atoms with van der Waals surface area (Å²) in [6, 6.07) is 5.18. The van der Waals surface area contributed by atoms with Crippen LogP contribution in [0.2, 0.25) is 0 Å². The maximum Gasteiger partial charge on any atom is 0.252 e. The van der Waals surface area contributed by atoms with E-state index in [0.717, 1.165) is 11.3 Å². The zero-order valence-corrected chi connectivity index (χ0v) is 9.46. The van der Waals surface area contributed by atoms with Gasteiger partial charge in [-0.05, 0) is 30.7 Å². The molecule has 17 heavy (non-hydrogen) atoms. The third-order valence-corrected chi connectivity index (χ3v) is 2.51. The van der Waals surface area contributed by atoms with Crippen molar-refractivity contribution in [1.29, 1.82) is 0 Å². The highest BCUT2D eigenvalue weighted by Crippen LogP contribution is 2.23. The Kier molecular flexibility index (Phi) is 3.10. The van der Waals surface area contributed by atoms with Crippen molar-refractivity contribution in [2.75, 3.05) is 11.9 Å². The molecule has 0 saturated carbocycles. The highest BCUT2D eigenvalue weighted by atomic mass is 16.2. The van der Waals surface area contributed by atoms with Crippen molar-refractivity contribution >= 4 is 17.5 Å².